The summed E-state index contributed by atoms with van der Waals surface area (Å²) < 4.78 is 40.9. The van der Waals surface area contributed by atoms with E-state index in [0.29, 0.717) is 5.56 Å². The van der Waals surface area contributed by atoms with Crippen LogP contribution in [0.4, 0.5) is 10.2 Å². The summed E-state index contributed by atoms with van der Waals surface area (Å²) in [5, 5.41) is 0. The highest BCUT2D eigenvalue weighted by Crippen LogP contribution is 2.22. The summed E-state index contributed by atoms with van der Waals surface area (Å²) in [6.07, 6.45) is 1.45. The van der Waals surface area contributed by atoms with E-state index in [1.807, 2.05) is 0 Å². The van der Waals surface area contributed by atoms with Gasteiger partial charge >= 0.3 is 0 Å². The number of benzene rings is 1. The van der Waals surface area contributed by atoms with Crippen molar-refractivity contribution in [2.45, 2.75) is 11.8 Å². The Morgan fingerprint density at radius 3 is 2.67 bits per heavy atom. The second kappa shape index (κ2) is 5.74. The summed E-state index contributed by atoms with van der Waals surface area (Å²) in [6.45, 7) is 1.70. The van der Waals surface area contributed by atoms with Crippen LogP contribution in [-0.4, -0.2) is 18.4 Å². The second-order valence-corrected chi connectivity index (χ2v) is 6.34. The number of aryl methyl sites for hydroxylation is 1. The summed E-state index contributed by atoms with van der Waals surface area (Å²) in [5.74, 6) is -0.626. The number of pyridine rings is 1. The van der Waals surface area contributed by atoms with E-state index in [-0.39, 0.29) is 21.3 Å². The number of nitrogens with two attached hydrogens (primary N) is 1. The first-order chi connectivity index (χ1) is 9.83. The smallest absolute Gasteiger partial charge is 0.263 e. The summed E-state index contributed by atoms with van der Waals surface area (Å²) in [7, 11) is -4.05. The van der Waals surface area contributed by atoms with Crippen molar-refractivity contribution in [3.05, 3.63) is 53.5 Å². The standard InChI is InChI=1S/C13H12FN3O2S2/c1-8-4-3-7-16-13(8)17-21(18,19)10-6-2-5-9(14)11(10)12(15)20/h2-7H,1H3,(H2,15,20)(H,16,17). The number of rotatable bonds is 4. The third-order valence-electron chi connectivity index (χ3n) is 2.75. The van der Waals surface area contributed by atoms with Crippen molar-refractivity contribution >= 4 is 33.0 Å². The van der Waals surface area contributed by atoms with Gasteiger partial charge in [-0.05, 0) is 30.7 Å². The number of anilines is 1. The van der Waals surface area contributed by atoms with Gasteiger partial charge in [-0.3, -0.25) is 4.72 Å². The quantitative estimate of drug-likeness (QED) is 0.840. The maximum absolute atomic E-state index is 13.8. The van der Waals surface area contributed by atoms with Gasteiger partial charge in [0.1, 0.15) is 21.5 Å². The van der Waals surface area contributed by atoms with Crippen molar-refractivity contribution in [3.63, 3.8) is 0 Å². The first kappa shape index (κ1) is 15.3. The zero-order valence-corrected chi connectivity index (χ0v) is 12.6. The molecule has 0 bridgehead atoms. The molecule has 0 aliphatic rings. The zero-order chi connectivity index (χ0) is 15.6. The van der Waals surface area contributed by atoms with Crippen molar-refractivity contribution in [2.75, 3.05) is 4.72 Å². The Kier molecular flexibility index (Phi) is 4.19. The largest absolute Gasteiger partial charge is 0.389 e. The minimum Gasteiger partial charge on any atom is -0.389 e. The van der Waals surface area contributed by atoms with Crippen LogP contribution in [0, 0.1) is 12.7 Å². The molecule has 0 unspecified atom stereocenters. The zero-order valence-electron chi connectivity index (χ0n) is 11.0. The van der Waals surface area contributed by atoms with Gasteiger partial charge in [0.2, 0.25) is 0 Å². The molecule has 0 atom stereocenters. The minimum absolute atomic E-state index is 0.163. The third kappa shape index (κ3) is 3.17. The van der Waals surface area contributed by atoms with Crippen molar-refractivity contribution in [2.24, 2.45) is 5.73 Å². The molecule has 0 aliphatic heterocycles. The molecule has 0 saturated heterocycles. The van der Waals surface area contributed by atoms with E-state index >= 15 is 0 Å². The van der Waals surface area contributed by atoms with Gasteiger partial charge in [0.25, 0.3) is 10.0 Å². The lowest BCUT2D eigenvalue weighted by Crippen LogP contribution is -2.22. The van der Waals surface area contributed by atoms with Gasteiger partial charge in [0.05, 0.1) is 5.56 Å². The lowest BCUT2D eigenvalue weighted by molar-refractivity contribution is 0.594. The van der Waals surface area contributed by atoms with Crippen LogP contribution in [0.3, 0.4) is 0 Å². The van der Waals surface area contributed by atoms with Gasteiger partial charge in [-0.2, -0.15) is 0 Å². The topological polar surface area (TPSA) is 85.1 Å². The molecular weight excluding hydrogens is 313 g/mol. The monoisotopic (exact) mass is 325 g/mol. The maximum atomic E-state index is 13.8. The summed E-state index contributed by atoms with van der Waals surface area (Å²) in [4.78, 5) is 3.29. The number of hydrogen-bond acceptors (Lipinski definition) is 4. The van der Waals surface area contributed by atoms with E-state index in [1.165, 1.54) is 18.3 Å². The van der Waals surface area contributed by atoms with Crippen LogP contribution in [-0.2, 0) is 10.0 Å². The molecule has 0 radical (unpaired) electrons. The van der Waals surface area contributed by atoms with Crippen LogP contribution >= 0.6 is 12.2 Å². The number of halogens is 1. The molecule has 2 rings (SSSR count). The van der Waals surface area contributed by atoms with Crippen molar-refractivity contribution < 1.29 is 12.8 Å². The van der Waals surface area contributed by atoms with E-state index < -0.39 is 15.8 Å². The van der Waals surface area contributed by atoms with Crippen LogP contribution < -0.4 is 10.5 Å². The van der Waals surface area contributed by atoms with E-state index in [1.54, 1.807) is 19.1 Å². The molecule has 3 N–H and O–H groups in total. The van der Waals surface area contributed by atoms with Gasteiger partial charge < -0.3 is 5.73 Å². The van der Waals surface area contributed by atoms with Crippen LogP contribution in [0.5, 0.6) is 0 Å². The summed E-state index contributed by atoms with van der Waals surface area (Å²) in [5.41, 5.74) is 5.74. The molecule has 21 heavy (non-hydrogen) atoms. The first-order valence-corrected chi connectivity index (χ1v) is 7.75. The maximum Gasteiger partial charge on any atom is 0.263 e. The number of nitrogens with zero attached hydrogens (tertiary/aromatic N) is 1. The fourth-order valence-electron chi connectivity index (χ4n) is 1.74. The van der Waals surface area contributed by atoms with Crippen molar-refractivity contribution in [3.8, 4) is 0 Å². The first-order valence-electron chi connectivity index (χ1n) is 5.85. The van der Waals surface area contributed by atoms with Crippen LogP contribution in [0.1, 0.15) is 11.1 Å². The molecule has 0 aliphatic carbocycles. The van der Waals surface area contributed by atoms with E-state index in [4.69, 9.17) is 18.0 Å². The second-order valence-electron chi connectivity index (χ2n) is 4.25. The van der Waals surface area contributed by atoms with Gasteiger partial charge in [0.15, 0.2) is 0 Å². The van der Waals surface area contributed by atoms with Gasteiger partial charge in [-0.15, -0.1) is 0 Å². The molecule has 1 aromatic heterocycles. The van der Waals surface area contributed by atoms with E-state index in [2.05, 4.69) is 9.71 Å². The molecule has 0 spiro atoms. The van der Waals surface area contributed by atoms with Crippen LogP contribution in [0.25, 0.3) is 0 Å². The fraction of sp³-hybridized carbons (Fsp3) is 0.0769. The molecule has 0 amide bonds. The van der Waals surface area contributed by atoms with Gasteiger partial charge in [0, 0.05) is 6.20 Å². The third-order valence-corrected chi connectivity index (χ3v) is 4.34. The summed E-state index contributed by atoms with van der Waals surface area (Å²) >= 11 is 4.73. The molecule has 0 saturated carbocycles. The number of aromatic nitrogens is 1. The predicted molar refractivity (Wildman–Crippen MR) is 82.1 cm³/mol. The number of sulfonamides is 1. The number of thiocarbonyl (C=S) groups is 1. The Labute approximate surface area is 127 Å². The molecular formula is C13H12FN3O2S2. The predicted octanol–water partition coefficient (Wildman–Crippen LogP) is 1.96. The molecule has 8 heteroatoms. The normalized spacial score (nSPS) is 11.1. The lowest BCUT2D eigenvalue weighted by atomic mass is 10.2. The van der Waals surface area contributed by atoms with E-state index in [0.717, 1.165) is 6.07 Å². The highest BCUT2D eigenvalue weighted by Gasteiger charge is 2.23. The average Bonchev–Trinajstić information content (AvgIpc) is 2.40. The van der Waals surface area contributed by atoms with Gasteiger partial charge in [-0.1, -0.05) is 24.4 Å². The van der Waals surface area contributed by atoms with Crippen LogP contribution in [0.15, 0.2) is 41.4 Å². The Bertz CT molecular complexity index is 807. The van der Waals surface area contributed by atoms with E-state index in [9.17, 15) is 12.8 Å². The number of nitrogens with one attached hydrogen (secondary N) is 1. The van der Waals surface area contributed by atoms with Crippen molar-refractivity contribution in [1.82, 2.24) is 4.98 Å². The Hall–Kier alpha value is -2.06. The summed E-state index contributed by atoms with van der Waals surface area (Å²) in [6, 6.07) is 6.98. The molecule has 5 nitrogen and oxygen atoms in total. The number of hydrogen-bond donors (Lipinski definition) is 2. The van der Waals surface area contributed by atoms with Crippen LogP contribution in [0.2, 0.25) is 0 Å². The van der Waals surface area contributed by atoms with Gasteiger partial charge in [-0.25, -0.2) is 17.8 Å². The molecule has 110 valence electrons. The Morgan fingerprint density at radius 2 is 2.05 bits per heavy atom. The Balaban J connectivity index is 2.53. The molecule has 1 heterocycles. The lowest BCUT2D eigenvalue weighted by Gasteiger charge is -2.12. The molecule has 0 fully saturated rings. The highest BCUT2D eigenvalue weighted by atomic mass is 32.2. The molecule has 1 aromatic carbocycles. The average molecular weight is 325 g/mol. The minimum atomic E-state index is -4.05. The fourth-order valence-corrected chi connectivity index (χ4v) is 3.33. The highest BCUT2D eigenvalue weighted by molar-refractivity contribution is 7.93. The Morgan fingerprint density at radius 1 is 1.33 bits per heavy atom. The van der Waals surface area contributed by atoms with Crippen molar-refractivity contribution in [1.29, 1.82) is 0 Å². The molecule has 2 aromatic rings. The SMILES string of the molecule is Cc1cccnc1NS(=O)(=O)c1cccc(F)c1C(N)=S.